The fourth-order valence-electron chi connectivity index (χ4n) is 0.687. The number of hydrogen-bond donors (Lipinski definition) is 4. The summed E-state index contributed by atoms with van der Waals surface area (Å²) < 4.78 is 0. The summed E-state index contributed by atoms with van der Waals surface area (Å²) in [5.74, 6) is 0.424. The van der Waals surface area contributed by atoms with Crippen LogP contribution < -0.4 is 21.7 Å². The Balaban J connectivity index is 2.33. The van der Waals surface area contributed by atoms with E-state index in [4.69, 9.17) is 0 Å². The normalized spacial score (nSPS) is 20.5. The molecule has 0 spiro atoms. The Bertz CT molecular complexity index is 126. The van der Waals surface area contributed by atoms with Gasteiger partial charge in [-0.3, -0.25) is 10.9 Å². The Kier molecular flexibility index (Phi) is 2.08. The third-order valence-electron chi connectivity index (χ3n) is 1.35. The van der Waals surface area contributed by atoms with Gasteiger partial charge in [0, 0.05) is 0 Å². The van der Waals surface area contributed by atoms with E-state index in [2.05, 4.69) is 21.7 Å². The van der Waals surface area contributed by atoms with Gasteiger partial charge in [-0.05, 0) is 5.92 Å². The smallest absolute Gasteiger partial charge is 0.271 e. The molecule has 1 aliphatic heterocycles. The zero-order valence-corrected chi connectivity index (χ0v) is 6.06. The topological polar surface area (TPSA) is 65.2 Å². The molecule has 5 heteroatoms. The summed E-state index contributed by atoms with van der Waals surface area (Å²) in [4.78, 5) is 10.5. The third kappa shape index (κ3) is 1.58. The Morgan fingerprint density at radius 2 is 1.80 bits per heavy atom. The first-order chi connectivity index (χ1) is 4.70. The molecule has 1 fully saturated rings. The summed E-state index contributed by atoms with van der Waals surface area (Å²) in [6.07, 6.45) is 0.0951. The van der Waals surface area contributed by atoms with Gasteiger partial charge in [-0.1, -0.05) is 13.8 Å². The number of rotatable bonds is 1. The van der Waals surface area contributed by atoms with E-state index >= 15 is 0 Å². The van der Waals surface area contributed by atoms with Crippen molar-refractivity contribution in [1.29, 1.82) is 0 Å². The first-order valence-electron chi connectivity index (χ1n) is 3.27. The quantitative estimate of drug-likeness (QED) is 0.393. The summed E-state index contributed by atoms with van der Waals surface area (Å²) in [7, 11) is 0. The summed E-state index contributed by atoms with van der Waals surface area (Å²) in [5, 5.41) is 0. The summed E-state index contributed by atoms with van der Waals surface area (Å²) in [6.45, 7) is 4.09. The number of hydrogen-bond acceptors (Lipinski definition) is 3. The molecule has 1 aliphatic rings. The van der Waals surface area contributed by atoms with E-state index in [0.29, 0.717) is 5.92 Å². The van der Waals surface area contributed by atoms with Gasteiger partial charge in [0.15, 0.2) is 0 Å². The molecule has 0 aromatic carbocycles. The monoisotopic (exact) mass is 144 g/mol. The minimum atomic E-state index is -0.253. The number of nitrogens with one attached hydrogen (secondary N) is 4. The number of urea groups is 1. The lowest BCUT2D eigenvalue weighted by atomic mass is 10.2. The standard InChI is InChI=1S/C5H12N4O/c1-3(2)4-6-8-5(10)9-7-4/h3-4,6-7H,1-2H3,(H2,8,9,10). The van der Waals surface area contributed by atoms with Gasteiger partial charge < -0.3 is 0 Å². The predicted octanol–water partition coefficient (Wildman–Crippen LogP) is -0.709. The van der Waals surface area contributed by atoms with Crippen LogP contribution in [0.5, 0.6) is 0 Å². The second kappa shape index (κ2) is 2.85. The molecule has 0 unspecified atom stereocenters. The molecule has 5 nitrogen and oxygen atoms in total. The van der Waals surface area contributed by atoms with Crippen molar-refractivity contribution in [2.45, 2.75) is 20.0 Å². The van der Waals surface area contributed by atoms with Crippen molar-refractivity contribution in [3.8, 4) is 0 Å². The Labute approximate surface area is 59.5 Å². The van der Waals surface area contributed by atoms with Crippen LogP contribution in [-0.2, 0) is 0 Å². The molecule has 0 bridgehead atoms. The molecular weight excluding hydrogens is 132 g/mol. The number of amides is 2. The second-order valence-corrected chi connectivity index (χ2v) is 2.59. The van der Waals surface area contributed by atoms with Crippen molar-refractivity contribution in [3.63, 3.8) is 0 Å². The highest BCUT2D eigenvalue weighted by atomic mass is 16.2. The predicted molar refractivity (Wildman–Crippen MR) is 36.6 cm³/mol. The van der Waals surface area contributed by atoms with E-state index in [9.17, 15) is 4.79 Å². The van der Waals surface area contributed by atoms with Crippen LogP contribution in [-0.4, -0.2) is 12.2 Å². The minimum Gasteiger partial charge on any atom is -0.271 e. The Hall–Kier alpha value is -0.810. The summed E-state index contributed by atoms with van der Waals surface area (Å²) in [6, 6.07) is -0.253. The van der Waals surface area contributed by atoms with Gasteiger partial charge in [0.05, 0.1) is 6.17 Å². The molecule has 58 valence electrons. The van der Waals surface area contributed by atoms with E-state index in [1.165, 1.54) is 0 Å². The Morgan fingerprint density at radius 3 is 2.20 bits per heavy atom. The van der Waals surface area contributed by atoms with Gasteiger partial charge in [-0.15, -0.1) is 0 Å². The van der Waals surface area contributed by atoms with E-state index < -0.39 is 0 Å². The highest BCUT2D eigenvalue weighted by molar-refractivity contribution is 5.73. The van der Waals surface area contributed by atoms with Crippen molar-refractivity contribution >= 4 is 6.03 Å². The number of carbonyl (C=O) groups is 1. The molecule has 1 heterocycles. The molecule has 2 amide bonds. The highest BCUT2D eigenvalue weighted by Gasteiger charge is 2.17. The first kappa shape index (κ1) is 7.30. The molecule has 0 radical (unpaired) electrons. The Morgan fingerprint density at radius 1 is 1.30 bits per heavy atom. The molecule has 0 aliphatic carbocycles. The van der Waals surface area contributed by atoms with Crippen LogP contribution in [0.3, 0.4) is 0 Å². The van der Waals surface area contributed by atoms with Crippen LogP contribution in [0.25, 0.3) is 0 Å². The number of carbonyl (C=O) groups excluding carboxylic acids is 1. The lowest BCUT2D eigenvalue weighted by Crippen LogP contribution is -2.67. The molecule has 4 N–H and O–H groups in total. The maximum atomic E-state index is 10.5. The zero-order chi connectivity index (χ0) is 7.56. The van der Waals surface area contributed by atoms with Gasteiger partial charge in [0.1, 0.15) is 0 Å². The molecule has 0 saturated carbocycles. The first-order valence-corrected chi connectivity index (χ1v) is 3.27. The second-order valence-electron chi connectivity index (χ2n) is 2.59. The van der Waals surface area contributed by atoms with Crippen molar-refractivity contribution in [2.24, 2.45) is 5.92 Å². The van der Waals surface area contributed by atoms with Gasteiger partial charge in [0.2, 0.25) is 0 Å². The van der Waals surface area contributed by atoms with Crippen molar-refractivity contribution in [2.75, 3.05) is 0 Å². The van der Waals surface area contributed by atoms with Crippen molar-refractivity contribution in [3.05, 3.63) is 0 Å². The molecule has 0 atom stereocenters. The van der Waals surface area contributed by atoms with Gasteiger partial charge in [0.25, 0.3) is 0 Å². The van der Waals surface area contributed by atoms with Gasteiger partial charge in [-0.2, -0.15) is 0 Å². The fourth-order valence-corrected chi connectivity index (χ4v) is 0.687. The van der Waals surface area contributed by atoms with E-state index in [1.807, 2.05) is 13.8 Å². The van der Waals surface area contributed by atoms with Crippen molar-refractivity contribution in [1.82, 2.24) is 21.7 Å². The van der Waals surface area contributed by atoms with Crippen LogP contribution in [0.2, 0.25) is 0 Å². The average Bonchev–Trinajstić information content (AvgIpc) is 1.88. The number of hydrazine groups is 2. The molecule has 10 heavy (non-hydrogen) atoms. The zero-order valence-electron chi connectivity index (χ0n) is 6.06. The lowest BCUT2D eigenvalue weighted by Gasteiger charge is -2.28. The van der Waals surface area contributed by atoms with Gasteiger partial charge >= 0.3 is 6.03 Å². The lowest BCUT2D eigenvalue weighted by molar-refractivity contribution is 0.189. The van der Waals surface area contributed by atoms with E-state index in [-0.39, 0.29) is 12.2 Å². The van der Waals surface area contributed by atoms with E-state index in [1.54, 1.807) is 0 Å². The van der Waals surface area contributed by atoms with E-state index in [0.717, 1.165) is 0 Å². The molecule has 1 saturated heterocycles. The summed E-state index contributed by atoms with van der Waals surface area (Å²) >= 11 is 0. The largest absolute Gasteiger partial charge is 0.343 e. The van der Waals surface area contributed by atoms with Crippen LogP contribution in [0, 0.1) is 5.92 Å². The van der Waals surface area contributed by atoms with Gasteiger partial charge in [-0.25, -0.2) is 15.6 Å². The molecular formula is C5H12N4O. The average molecular weight is 144 g/mol. The third-order valence-corrected chi connectivity index (χ3v) is 1.35. The fraction of sp³-hybridized carbons (Fsp3) is 0.800. The molecule has 0 aromatic rings. The highest BCUT2D eigenvalue weighted by Crippen LogP contribution is 1.96. The maximum Gasteiger partial charge on any atom is 0.343 e. The minimum absolute atomic E-state index is 0.0951. The van der Waals surface area contributed by atoms with Crippen LogP contribution in [0.15, 0.2) is 0 Å². The molecule has 0 aromatic heterocycles. The van der Waals surface area contributed by atoms with Crippen molar-refractivity contribution < 1.29 is 4.79 Å². The maximum absolute atomic E-state index is 10.5. The van der Waals surface area contributed by atoms with Crippen LogP contribution >= 0.6 is 0 Å². The summed E-state index contributed by atoms with van der Waals surface area (Å²) in [5.41, 5.74) is 10.5. The van der Waals surface area contributed by atoms with Crippen LogP contribution in [0.1, 0.15) is 13.8 Å². The molecule has 1 rings (SSSR count). The van der Waals surface area contributed by atoms with Crippen LogP contribution in [0.4, 0.5) is 4.79 Å². The SMILES string of the molecule is CC(C)C1NNC(=O)NN1.